The van der Waals surface area contributed by atoms with Gasteiger partial charge in [0.15, 0.2) is 0 Å². The Morgan fingerprint density at radius 3 is 3.11 bits per heavy atom. The molecule has 4 heteroatoms. The molecule has 1 fully saturated rings. The van der Waals surface area contributed by atoms with Gasteiger partial charge in [-0.05, 0) is 43.5 Å². The van der Waals surface area contributed by atoms with Crippen LogP contribution in [0.25, 0.3) is 0 Å². The van der Waals surface area contributed by atoms with Gasteiger partial charge in [-0.25, -0.2) is 0 Å². The Morgan fingerprint density at radius 1 is 1.53 bits per heavy atom. The number of rotatable bonds is 2. The quantitative estimate of drug-likeness (QED) is 0.855. The molecule has 3 rings (SSSR count). The highest BCUT2D eigenvalue weighted by Crippen LogP contribution is 2.38. The number of fused-ring (bicyclic) bond motifs is 1. The van der Waals surface area contributed by atoms with Crippen molar-refractivity contribution >= 4 is 11.6 Å². The summed E-state index contributed by atoms with van der Waals surface area (Å²) in [4.78, 5) is 12.4. The Hall–Kier alpha value is -1.55. The fourth-order valence-electron chi connectivity index (χ4n) is 3.01. The molecule has 1 aliphatic carbocycles. The minimum atomic E-state index is -0.435. The zero-order chi connectivity index (χ0) is 13.5. The zero-order valence-electron chi connectivity index (χ0n) is 11.2. The SMILES string of the molecule is CC1(C(=O)Nc2ccc3c(c2)CCO3)CCCC1N. The molecular weight excluding hydrogens is 240 g/mol. The predicted octanol–water partition coefficient (Wildman–Crippen LogP) is 2.08. The summed E-state index contributed by atoms with van der Waals surface area (Å²) in [6.07, 6.45) is 3.74. The van der Waals surface area contributed by atoms with Crippen LogP contribution >= 0.6 is 0 Å². The van der Waals surface area contributed by atoms with Crippen LogP contribution in [-0.4, -0.2) is 18.6 Å². The van der Waals surface area contributed by atoms with E-state index in [1.54, 1.807) is 0 Å². The number of benzene rings is 1. The second-order valence-electron chi connectivity index (χ2n) is 5.79. The summed E-state index contributed by atoms with van der Waals surface area (Å²) in [7, 11) is 0. The van der Waals surface area contributed by atoms with E-state index in [2.05, 4.69) is 5.32 Å². The third-order valence-corrected chi connectivity index (χ3v) is 4.50. The van der Waals surface area contributed by atoms with E-state index in [1.807, 2.05) is 25.1 Å². The van der Waals surface area contributed by atoms with E-state index in [1.165, 1.54) is 5.56 Å². The molecule has 1 aliphatic heterocycles. The van der Waals surface area contributed by atoms with Crippen molar-refractivity contribution in [3.63, 3.8) is 0 Å². The molecule has 0 bridgehead atoms. The maximum absolute atomic E-state index is 12.4. The van der Waals surface area contributed by atoms with Crippen LogP contribution in [0.2, 0.25) is 0 Å². The lowest BCUT2D eigenvalue weighted by molar-refractivity contribution is -0.125. The average molecular weight is 260 g/mol. The highest BCUT2D eigenvalue weighted by atomic mass is 16.5. The molecule has 1 heterocycles. The number of ether oxygens (including phenoxy) is 1. The summed E-state index contributed by atoms with van der Waals surface area (Å²) < 4.78 is 5.46. The molecule has 1 aromatic rings. The first-order chi connectivity index (χ1) is 9.09. The Morgan fingerprint density at radius 2 is 2.37 bits per heavy atom. The van der Waals surface area contributed by atoms with Crippen LogP contribution in [-0.2, 0) is 11.2 Å². The van der Waals surface area contributed by atoms with Crippen molar-refractivity contribution in [1.82, 2.24) is 0 Å². The molecule has 1 aromatic carbocycles. The minimum Gasteiger partial charge on any atom is -0.493 e. The molecule has 102 valence electrons. The first kappa shape index (κ1) is 12.5. The maximum atomic E-state index is 12.4. The van der Waals surface area contributed by atoms with Gasteiger partial charge in [0.2, 0.25) is 5.91 Å². The van der Waals surface area contributed by atoms with Gasteiger partial charge >= 0.3 is 0 Å². The number of hydrogen-bond donors (Lipinski definition) is 2. The lowest BCUT2D eigenvalue weighted by Crippen LogP contribution is -2.44. The normalized spacial score (nSPS) is 28.8. The van der Waals surface area contributed by atoms with Crippen molar-refractivity contribution in [3.8, 4) is 5.75 Å². The number of carbonyl (C=O) groups excluding carboxylic acids is 1. The fraction of sp³-hybridized carbons (Fsp3) is 0.533. The molecule has 1 saturated carbocycles. The van der Waals surface area contributed by atoms with Gasteiger partial charge in [-0.1, -0.05) is 6.42 Å². The first-order valence-corrected chi connectivity index (χ1v) is 6.92. The van der Waals surface area contributed by atoms with E-state index in [-0.39, 0.29) is 11.9 Å². The highest BCUT2D eigenvalue weighted by molar-refractivity contribution is 5.96. The number of nitrogens with two attached hydrogens (primary N) is 1. The van der Waals surface area contributed by atoms with Gasteiger partial charge in [0.25, 0.3) is 0 Å². The highest BCUT2D eigenvalue weighted by Gasteiger charge is 2.42. The van der Waals surface area contributed by atoms with Gasteiger partial charge < -0.3 is 15.8 Å². The van der Waals surface area contributed by atoms with Gasteiger partial charge in [0.05, 0.1) is 12.0 Å². The standard InChI is InChI=1S/C15H20N2O2/c1-15(7-2-3-13(15)16)14(18)17-11-4-5-12-10(9-11)6-8-19-12/h4-5,9,13H,2-3,6-8,16H2,1H3,(H,17,18). The fourth-order valence-corrected chi connectivity index (χ4v) is 3.01. The number of amides is 1. The predicted molar refractivity (Wildman–Crippen MR) is 74.2 cm³/mol. The van der Waals surface area contributed by atoms with Crippen LogP contribution in [0.4, 0.5) is 5.69 Å². The third kappa shape index (κ3) is 2.10. The Bertz CT molecular complexity index is 515. The van der Waals surface area contributed by atoms with Crippen LogP contribution < -0.4 is 15.8 Å². The van der Waals surface area contributed by atoms with Gasteiger partial charge in [0.1, 0.15) is 5.75 Å². The van der Waals surface area contributed by atoms with E-state index in [0.29, 0.717) is 0 Å². The van der Waals surface area contributed by atoms with Gasteiger partial charge in [-0.3, -0.25) is 4.79 Å². The van der Waals surface area contributed by atoms with Crippen LogP contribution in [0, 0.1) is 5.41 Å². The Kier molecular flexibility index (Phi) is 2.97. The van der Waals surface area contributed by atoms with Crippen molar-refractivity contribution in [3.05, 3.63) is 23.8 Å². The molecule has 19 heavy (non-hydrogen) atoms. The van der Waals surface area contributed by atoms with Crippen LogP contribution in [0.5, 0.6) is 5.75 Å². The molecule has 0 aromatic heterocycles. The maximum Gasteiger partial charge on any atom is 0.231 e. The molecular formula is C15H20N2O2. The topological polar surface area (TPSA) is 64.3 Å². The monoisotopic (exact) mass is 260 g/mol. The average Bonchev–Trinajstić information content (AvgIpc) is 2.97. The summed E-state index contributed by atoms with van der Waals surface area (Å²) in [6, 6.07) is 5.79. The molecule has 2 aliphatic rings. The van der Waals surface area contributed by atoms with Crippen molar-refractivity contribution in [2.45, 2.75) is 38.6 Å². The minimum absolute atomic E-state index is 0.0368. The molecule has 1 amide bonds. The van der Waals surface area contributed by atoms with Gasteiger partial charge in [-0.15, -0.1) is 0 Å². The van der Waals surface area contributed by atoms with Crippen LogP contribution in [0.3, 0.4) is 0 Å². The third-order valence-electron chi connectivity index (χ3n) is 4.50. The summed E-state index contributed by atoms with van der Waals surface area (Å²) in [5.74, 6) is 0.971. The smallest absolute Gasteiger partial charge is 0.231 e. The summed E-state index contributed by atoms with van der Waals surface area (Å²) >= 11 is 0. The second kappa shape index (κ2) is 4.53. The van der Waals surface area contributed by atoms with E-state index in [9.17, 15) is 4.79 Å². The van der Waals surface area contributed by atoms with E-state index >= 15 is 0 Å². The Labute approximate surface area is 113 Å². The van der Waals surface area contributed by atoms with Crippen LogP contribution in [0.1, 0.15) is 31.7 Å². The number of nitrogens with one attached hydrogen (secondary N) is 1. The van der Waals surface area contributed by atoms with E-state index < -0.39 is 5.41 Å². The molecule has 2 atom stereocenters. The van der Waals surface area contributed by atoms with Crippen molar-refractivity contribution in [2.75, 3.05) is 11.9 Å². The lowest BCUT2D eigenvalue weighted by Gasteiger charge is -2.27. The molecule has 2 unspecified atom stereocenters. The first-order valence-electron chi connectivity index (χ1n) is 6.92. The Balaban J connectivity index is 1.76. The molecule has 3 N–H and O–H groups in total. The summed E-state index contributed by atoms with van der Waals surface area (Å²) in [6.45, 7) is 2.70. The van der Waals surface area contributed by atoms with Gasteiger partial charge in [-0.2, -0.15) is 0 Å². The van der Waals surface area contributed by atoms with E-state index in [0.717, 1.165) is 43.7 Å². The molecule has 4 nitrogen and oxygen atoms in total. The van der Waals surface area contributed by atoms with Crippen molar-refractivity contribution in [2.24, 2.45) is 11.1 Å². The van der Waals surface area contributed by atoms with Crippen LogP contribution in [0.15, 0.2) is 18.2 Å². The molecule has 0 spiro atoms. The largest absolute Gasteiger partial charge is 0.493 e. The van der Waals surface area contributed by atoms with Crippen molar-refractivity contribution in [1.29, 1.82) is 0 Å². The van der Waals surface area contributed by atoms with Gasteiger partial charge in [0, 0.05) is 18.2 Å². The van der Waals surface area contributed by atoms with E-state index in [4.69, 9.17) is 10.5 Å². The number of carbonyl (C=O) groups is 1. The second-order valence-corrected chi connectivity index (χ2v) is 5.79. The number of hydrogen-bond acceptors (Lipinski definition) is 3. The molecule has 0 saturated heterocycles. The molecule has 0 radical (unpaired) electrons. The zero-order valence-corrected chi connectivity index (χ0v) is 11.2. The van der Waals surface area contributed by atoms with Crippen molar-refractivity contribution < 1.29 is 9.53 Å². The summed E-state index contributed by atoms with van der Waals surface area (Å²) in [5, 5.41) is 3.01. The number of anilines is 1. The summed E-state index contributed by atoms with van der Waals surface area (Å²) in [5.41, 5.74) is 7.65. The lowest BCUT2D eigenvalue weighted by atomic mass is 9.84.